The van der Waals surface area contributed by atoms with Crippen molar-refractivity contribution in [3.63, 3.8) is 0 Å². The van der Waals surface area contributed by atoms with E-state index in [0.717, 1.165) is 29.3 Å². The maximum atomic E-state index is 5.84. The van der Waals surface area contributed by atoms with Gasteiger partial charge in [-0.3, -0.25) is 4.68 Å². The van der Waals surface area contributed by atoms with Gasteiger partial charge in [0.2, 0.25) is 0 Å². The van der Waals surface area contributed by atoms with Gasteiger partial charge < -0.3 is 10.3 Å². The molecular formula is C12H15N7. The second kappa shape index (κ2) is 4.04. The first-order valence-corrected chi connectivity index (χ1v) is 6.09. The summed E-state index contributed by atoms with van der Waals surface area (Å²) in [5.41, 5.74) is 9.26. The molecule has 3 rings (SSSR count). The highest BCUT2D eigenvalue weighted by atomic mass is 15.3. The average Bonchev–Trinajstić information content (AvgIpc) is 2.92. The van der Waals surface area contributed by atoms with Gasteiger partial charge in [-0.15, -0.1) is 0 Å². The fraction of sp³-hybridized carbons (Fsp3) is 0.333. The van der Waals surface area contributed by atoms with Crippen molar-refractivity contribution in [1.82, 2.24) is 29.3 Å². The summed E-state index contributed by atoms with van der Waals surface area (Å²) in [6.07, 6.45) is 3.27. The fourth-order valence-corrected chi connectivity index (χ4v) is 2.24. The van der Waals surface area contributed by atoms with Gasteiger partial charge in [-0.1, -0.05) is 0 Å². The van der Waals surface area contributed by atoms with Crippen molar-refractivity contribution in [2.45, 2.75) is 20.4 Å². The second-order valence-corrected chi connectivity index (χ2v) is 4.38. The zero-order valence-electron chi connectivity index (χ0n) is 11.1. The smallest absolute Gasteiger partial charge is 0.165 e. The largest absolute Gasteiger partial charge is 0.382 e. The molecule has 0 aliphatic rings. The van der Waals surface area contributed by atoms with Crippen molar-refractivity contribution in [3.05, 3.63) is 18.2 Å². The molecule has 0 saturated heterocycles. The minimum atomic E-state index is 0.396. The zero-order chi connectivity index (χ0) is 13.6. The first-order valence-electron chi connectivity index (χ1n) is 6.09. The normalized spacial score (nSPS) is 11.3. The summed E-state index contributed by atoms with van der Waals surface area (Å²) in [4.78, 5) is 12.7. The molecule has 98 valence electrons. The number of rotatable bonds is 2. The van der Waals surface area contributed by atoms with Gasteiger partial charge in [0.05, 0.1) is 11.8 Å². The Morgan fingerprint density at radius 1 is 1.32 bits per heavy atom. The van der Waals surface area contributed by atoms with E-state index in [4.69, 9.17) is 5.73 Å². The first-order chi connectivity index (χ1) is 9.13. The number of nitrogen functional groups attached to an aromatic ring is 1. The molecule has 0 bridgehead atoms. The highest BCUT2D eigenvalue weighted by molar-refractivity contribution is 5.85. The number of imidazole rings is 1. The number of fused-ring (bicyclic) bond motifs is 1. The molecule has 0 amide bonds. The van der Waals surface area contributed by atoms with Crippen LogP contribution in [0.5, 0.6) is 0 Å². The molecule has 0 saturated carbocycles. The molecule has 0 radical (unpaired) electrons. The monoisotopic (exact) mass is 257 g/mol. The molecule has 3 aromatic rings. The van der Waals surface area contributed by atoms with Crippen LogP contribution in [0.3, 0.4) is 0 Å². The number of aromatic nitrogens is 6. The van der Waals surface area contributed by atoms with Crippen LogP contribution in [0.15, 0.2) is 12.5 Å². The van der Waals surface area contributed by atoms with Gasteiger partial charge in [-0.05, 0) is 13.8 Å². The zero-order valence-corrected chi connectivity index (χ0v) is 11.1. The van der Waals surface area contributed by atoms with Gasteiger partial charge in [-0.2, -0.15) is 5.10 Å². The Balaban J connectivity index is 2.28. The number of aryl methyl sites for hydroxylation is 2. The molecule has 19 heavy (non-hydrogen) atoms. The lowest BCUT2D eigenvalue weighted by molar-refractivity contribution is 0.640. The Bertz CT molecular complexity index is 753. The van der Waals surface area contributed by atoms with E-state index in [2.05, 4.69) is 27.0 Å². The van der Waals surface area contributed by atoms with E-state index in [-0.39, 0.29) is 0 Å². The fourth-order valence-electron chi connectivity index (χ4n) is 2.24. The van der Waals surface area contributed by atoms with E-state index in [9.17, 15) is 0 Å². The molecule has 0 aliphatic heterocycles. The van der Waals surface area contributed by atoms with Crippen molar-refractivity contribution >= 4 is 17.0 Å². The molecule has 0 unspecified atom stereocenters. The Morgan fingerprint density at radius 2 is 2.11 bits per heavy atom. The Labute approximate surface area is 110 Å². The van der Waals surface area contributed by atoms with Crippen molar-refractivity contribution in [2.24, 2.45) is 7.05 Å². The van der Waals surface area contributed by atoms with Crippen LogP contribution < -0.4 is 5.73 Å². The van der Waals surface area contributed by atoms with Crippen molar-refractivity contribution in [3.8, 4) is 11.4 Å². The SMILES string of the molecule is CCn1ncc(-c2nc3c(N)ncnc3n2C)c1C. The van der Waals surface area contributed by atoms with Gasteiger partial charge >= 0.3 is 0 Å². The van der Waals surface area contributed by atoms with Gasteiger partial charge in [0, 0.05) is 19.3 Å². The standard InChI is InChI=1S/C12H15N7/c1-4-19-7(2)8(5-16-19)11-17-9-10(13)14-6-15-12(9)18(11)3/h5-6H,4H2,1-3H3,(H2,13,14,15). The lowest BCUT2D eigenvalue weighted by atomic mass is 10.2. The Hall–Kier alpha value is -2.44. The summed E-state index contributed by atoms with van der Waals surface area (Å²) < 4.78 is 3.85. The Morgan fingerprint density at radius 3 is 2.74 bits per heavy atom. The van der Waals surface area contributed by atoms with Crippen molar-refractivity contribution in [2.75, 3.05) is 5.73 Å². The first kappa shape index (κ1) is 11.6. The third-order valence-electron chi connectivity index (χ3n) is 3.33. The highest BCUT2D eigenvalue weighted by Crippen LogP contribution is 2.26. The number of hydrogen-bond donors (Lipinski definition) is 1. The topological polar surface area (TPSA) is 87.4 Å². The van der Waals surface area contributed by atoms with Crippen molar-refractivity contribution < 1.29 is 0 Å². The minimum absolute atomic E-state index is 0.396. The minimum Gasteiger partial charge on any atom is -0.382 e. The molecule has 7 heteroatoms. The molecule has 0 aliphatic carbocycles. The van der Waals surface area contributed by atoms with E-state index >= 15 is 0 Å². The average molecular weight is 257 g/mol. The number of nitrogens with zero attached hydrogens (tertiary/aromatic N) is 6. The summed E-state index contributed by atoms with van der Waals surface area (Å²) in [6.45, 7) is 4.92. The van der Waals surface area contributed by atoms with Crippen LogP contribution in [-0.2, 0) is 13.6 Å². The number of hydrogen-bond acceptors (Lipinski definition) is 5. The quantitative estimate of drug-likeness (QED) is 0.743. The molecule has 3 aromatic heterocycles. The van der Waals surface area contributed by atoms with Gasteiger partial charge in [0.1, 0.15) is 12.2 Å². The van der Waals surface area contributed by atoms with Gasteiger partial charge in [-0.25, -0.2) is 15.0 Å². The maximum Gasteiger partial charge on any atom is 0.165 e. The van der Waals surface area contributed by atoms with Crippen LogP contribution in [0.4, 0.5) is 5.82 Å². The van der Waals surface area contributed by atoms with Gasteiger partial charge in [0.25, 0.3) is 0 Å². The molecular weight excluding hydrogens is 242 g/mol. The van der Waals surface area contributed by atoms with Crippen LogP contribution >= 0.6 is 0 Å². The summed E-state index contributed by atoms with van der Waals surface area (Å²) in [6, 6.07) is 0. The van der Waals surface area contributed by atoms with Crippen LogP contribution in [-0.4, -0.2) is 29.3 Å². The summed E-state index contributed by atoms with van der Waals surface area (Å²) >= 11 is 0. The lowest BCUT2D eigenvalue weighted by Crippen LogP contribution is -2.00. The molecule has 0 spiro atoms. The molecule has 0 aromatic carbocycles. The van der Waals surface area contributed by atoms with E-state index in [1.807, 2.05) is 29.4 Å². The molecule has 0 atom stereocenters. The summed E-state index contributed by atoms with van der Waals surface area (Å²) in [5, 5.41) is 4.34. The van der Waals surface area contributed by atoms with Crippen LogP contribution in [0.25, 0.3) is 22.6 Å². The van der Waals surface area contributed by atoms with E-state index in [1.165, 1.54) is 6.33 Å². The molecule has 3 heterocycles. The molecule has 7 nitrogen and oxygen atoms in total. The summed E-state index contributed by atoms with van der Waals surface area (Å²) in [5.74, 6) is 1.20. The number of anilines is 1. The third-order valence-corrected chi connectivity index (χ3v) is 3.33. The lowest BCUT2D eigenvalue weighted by Gasteiger charge is -2.02. The second-order valence-electron chi connectivity index (χ2n) is 4.38. The van der Waals surface area contributed by atoms with Crippen molar-refractivity contribution in [1.29, 1.82) is 0 Å². The third kappa shape index (κ3) is 1.58. The van der Waals surface area contributed by atoms with Gasteiger partial charge in [0.15, 0.2) is 17.0 Å². The van der Waals surface area contributed by atoms with Crippen LogP contribution in [0.2, 0.25) is 0 Å². The molecule has 0 fully saturated rings. The molecule has 2 N–H and O–H groups in total. The number of nitrogens with two attached hydrogens (primary N) is 1. The maximum absolute atomic E-state index is 5.84. The van der Waals surface area contributed by atoms with Crippen LogP contribution in [0.1, 0.15) is 12.6 Å². The highest BCUT2D eigenvalue weighted by Gasteiger charge is 2.17. The van der Waals surface area contributed by atoms with E-state index in [1.54, 1.807) is 0 Å². The summed E-state index contributed by atoms with van der Waals surface area (Å²) in [7, 11) is 1.92. The predicted molar refractivity (Wildman–Crippen MR) is 72.3 cm³/mol. The predicted octanol–water partition coefficient (Wildman–Crippen LogP) is 1.14. The Kier molecular flexibility index (Phi) is 2.48. The van der Waals surface area contributed by atoms with Crippen LogP contribution in [0, 0.1) is 6.92 Å². The van der Waals surface area contributed by atoms with E-state index < -0.39 is 0 Å². The van der Waals surface area contributed by atoms with E-state index in [0.29, 0.717) is 11.3 Å².